The molecule has 2 aliphatic heterocycles. The zero-order chi connectivity index (χ0) is 23.7. The molecule has 0 spiro atoms. The molecule has 2 amide bonds. The number of carboxylic acids is 1. The largest absolute Gasteiger partial charge is 0.477 e. The van der Waals surface area contributed by atoms with E-state index in [0.717, 1.165) is 16.9 Å². The van der Waals surface area contributed by atoms with E-state index in [2.05, 4.69) is 15.5 Å². The van der Waals surface area contributed by atoms with E-state index in [1.165, 1.54) is 16.7 Å². The van der Waals surface area contributed by atoms with Gasteiger partial charge in [-0.05, 0) is 18.4 Å². The number of aliphatic carboxylic acids is 1. The molecule has 3 heterocycles. The number of nitrogens with zero attached hydrogens (tertiary/aromatic N) is 3. The first-order valence-corrected chi connectivity index (χ1v) is 11.9. The summed E-state index contributed by atoms with van der Waals surface area (Å²) in [5, 5.41) is 24.6. The zero-order valence-corrected chi connectivity index (χ0v) is 19.3. The number of hydrogen-bond acceptors (Lipinski definition) is 9. The lowest BCUT2D eigenvalue weighted by Gasteiger charge is -2.50. The maximum atomic E-state index is 12.8. The van der Waals surface area contributed by atoms with E-state index >= 15 is 0 Å². The van der Waals surface area contributed by atoms with Gasteiger partial charge in [0.25, 0.3) is 11.8 Å². The van der Waals surface area contributed by atoms with Crippen molar-refractivity contribution in [3.05, 3.63) is 56.5 Å². The Morgan fingerprint density at radius 2 is 2.09 bits per heavy atom. The van der Waals surface area contributed by atoms with Crippen molar-refractivity contribution in [2.75, 3.05) is 5.73 Å². The van der Waals surface area contributed by atoms with Gasteiger partial charge in [-0.25, -0.2) is 9.78 Å². The van der Waals surface area contributed by atoms with Crippen LogP contribution >= 0.6 is 34.7 Å². The van der Waals surface area contributed by atoms with Gasteiger partial charge in [0.05, 0.1) is 6.04 Å². The number of benzene rings is 1. The van der Waals surface area contributed by atoms with Crippen LogP contribution in [0.15, 0.2) is 46.1 Å². The number of hydrogen-bond donors (Lipinski definition) is 4. The number of amides is 2. The van der Waals surface area contributed by atoms with Crippen molar-refractivity contribution in [2.45, 2.75) is 30.7 Å². The van der Waals surface area contributed by atoms with E-state index < -0.39 is 35.6 Å². The van der Waals surface area contributed by atoms with Crippen LogP contribution in [0.2, 0.25) is 4.34 Å². The molecule has 5 N–H and O–H groups in total. The topological polar surface area (TPSA) is 158 Å². The fourth-order valence-corrected chi connectivity index (χ4v) is 5.83. The molecule has 1 aromatic heterocycles. The van der Waals surface area contributed by atoms with Gasteiger partial charge in [0, 0.05) is 10.7 Å². The molecule has 2 aromatic rings. The number of thiazole rings is 1. The number of oxime groups is 1. The second-order valence-electron chi connectivity index (χ2n) is 7.24. The number of nitrogens with two attached hydrogens (primary N) is 1. The van der Waals surface area contributed by atoms with Crippen molar-refractivity contribution in [3.63, 3.8) is 0 Å². The minimum atomic E-state index is -1.20. The Labute approximate surface area is 201 Å². The fourth-order valence-electron chi connectivity index (χ4n) is 3.79. The number of carbonyl (C=O) groups excluding carboxylic acids is 2. The first-order valence-electron chi connectivity index (χ1n) is 9.73. The van der Waals surface area contributed by atoms with Crippen molar-refractivity contribution < 1.29 is 24.7 Å². The second kappa shape index (κ2) is 9.41. The SMILES string of the molecule is Nc1nc(/C(=N/O)C(=O)N[C@@H]2C(=O)N3C(C(=O)O)=C(SCc4ccccc4)CC[C@H]23)c(Cl)s1. The van der Waals surface area contributed by atoms with Gasteiger partial charge in [-0.3, -0.25) is 14.5 Å². The number of β-lactam (4-membered cyclic amide) rings is 1. The first kappa shape index (κ1) is 23.1. The summed E-state index contributed by atoms with van der Waals surface area (Å²) >= 11 is 8.28. The van der Waals surface area contributed by atoms with Crippen LogP contribution in [0.5, 0.6) is 0 Å². The van der Waals surface area contributed by atoms with Crippen LogP contribution in [0.1, 0.15) is 24.1 Å². The molecule has 1 fully saturated rings. The van der Waals surface area contributed by atoms with Gasteiger partial charge in [-0.1, -0.05) is 58.4 Å². The van der Waals surface area contributed by atoms with E-state index in [-0.39, 0.29) is 20.9 Å². The standard InChI is InChI=1S/C20H18ClN5O5S2/c21-16-13(24-20(22)33-16)14(25-31)17(27)23-12-10-6-7-11(15(19(29)30)26(10)18(12)28)32-8-9-4-2-1-3-5-9/h1-5,10,12,31H,6-8H2,(H2,22,24)(H,23,27)(H,29,30)/b25-14-/t10-,12+/m1/s1. The van der Waals surface area contributed by atoms with Gasteiger partial charge >= 0.3 is 5.97 Å². The van der Waals surface area contributed by atoms with E-state index in [1.807, 2.05) is 30.3 Å². The zero-order valence-electron chi connectivity index (χ0n) is 16.9. The number of rotatable bonds is 7. The van der Waals surface area contributed by atoms with E-state index in [1.54, 1.807) is 0 Å². The summed E-state index contributed by atoms with van der Waals surface area (Å²) < 4.78 is 0.0610. The van der Waals surface area contributed by atoms with Crippen molar-refractivity contribution in [1.82, 2.24) is 15.2 Å². The van der Waals surface area contributed by atoms with Crippen molar-refractivity contribution >= 4 is 63.3 Å². The summed E-state index contributed by atoms with van der Waals surface area (Å²) in [6, 6.07) is 8.12. The Morgan fingerprint density at radius 1 is 1.36 bits per heavy atom. The molecule has 1 saturated heterocycles. The summed E-state index contributed by atoms with van der Waals surface area (Å²) in [6.45, 7) is 0. The van der Waals surface area contributed by atoms with Crippen LogP contribution in [0.4, 0.5) is 5.13 Å². The van der Waals surface area contributed by atoms with Crippen molar-refractivity contribution in [3.8, 4) is 0 Å². The molecule has 0 bridgehead atoms. The maximum absolute atomic E-state index is 12.8. The molecule has 0 radical (unpaired) electrons. The summed E-state index contributed by atoms with van der Waals surface area (Å²) in [4.78, 5) is 43.2. The highest BCUT2D eigenvalue weighted by atomic mass is 35.5. The predicted molar refractivity (Wildman–Crippen MR) is 124 cm³/mol. The van der Waals surface area contributed by atoms with E-state index in [4.69, 9.17) is 17.3 Å². The van der Waals surface area contributed by atoms with Crippen LogP contribution in [0.25, 0.3) is 0 Å². The quantitative estimate of drug-likeness (QED) is 0.192. The van der Waals surface area contributed by atoms with Crippen LogP contribution < -0.4 is 11.1 Å². The molecule has 0 unspecified atom stereocenters. The molecule has 172 valence electrons. The third-order valence-electron chi connectivity index (χ3n) is 5.28. The van der Waals surface area contributed by atoms with Crippen molar-refractivity contribution in [2.24, 2.45) is 5.16 Å². The lowest BCUT2D eigenvalue weighted by atomic mass is 9.86. The number of fused-ring (bicyclic) bond motifs is 1. The minimum absolute atomic E-state index is 0.0610. The minimum Gasteiger partial charge on any atom is -0.477 e. The average Bonchev–Trinajstić information content (AvgIpc) is 3.13. The fraction of sp³-hybridized carbons (Fsp3) is 0.250. The van der Waals surface area contributed by atoms with Gasteiger partial charge in [0.2, 0.25) is 0 Å². The van der Waals surface area contributed by atoms with E-state index in [0.29, 0.717) is 23.5 Å². The first-order chi connectivity index (χ1) is 15.8. The number of nitrogen functional groups attached to an aromatic ring is 1. The molecule has 13 heteroatoms. The predicted octanol–water partition coefficient (Wildman–Crippen LogP) is 2.28. The maximum Gasteiger partial charge on any atom is 0.353 e. The number of thioether (sulfide) groups is 1. The Balaban J connectivity index is 1.49. The molecule has 2 aliphatic rings. The molecule has 0 saturated carbocycles. The van der Waals surface area contributed by atoms with Crippen LogP contribution in [0.3, 0.4) is 0 Å². The number of carboxylic acid groups (broad SMARTS) is 1. The highest BCUT2D eigenvalue weighted by Crippen LogP contribution is 2.41. The Kier molecular flexibility index (Phi) is 6.58. The highest BCUT2D eigenvalue weighted by molar-refractivity contribution is 8.02. The molecule has 0 aliphatic carbocycles. The van der Waals surface area contributed by atoms with Crippen molar-refractivity contribution in [1.29, 1.82) is 0 Å². The van der Waals surface area contributed by atoms with Crippen LogP contribution in [0, 0.1) is 0 Å². The number of nitrogens with one attached hydrogen (secondary N) is 1. The number of anilines is 1. The van der Waals surface area contributed by atoms with Gasteiger partial charge in [-0.2, -0.15) is 0 Å². The normalized spacial score (nSPS) is 20.3. The monoisotopic (exact) mass is 507 g/mol. The molecule has 4 rings (SSSR count). The highest BCUT2D eigenvalue weighted by Gasteiger charge is 2.53. The lowest BCUT2D eigenvalue weighted by molar-refractivity contribution is -0.155. The number of halogens is 1. The summed E-state index contributed by atoms with van der Waals surface area (Å²) in [5.41, 5.74) is 5.97. The Bertz CT molecular complexity index is 1180. The molecule has 2 atom stereocenters. The van der Waals surface area contributed by atoms with Gasteiger partial charge < -0.3 is 21.4 Å². The average molecular weight is 508 g/mol. The third kappa shape index (κ3) is 4.41. The third-order valence-corrected chi connectivity index (χ3v) is 7.59. The molecule has 1 aromatic carbocycles. The summed E-state index contributed by atoms with van der Waals surface area (Å²) in [6.07, 6.45) is 0.927. The van der Waals surface area contributed by atoms with Crippen LogP contribution in [-0.2, 0) is 20.1 Å². The van der Waals surface area contributed by atoms with Gasteiger partial charge in [0.1, 0.15) is 21.8 Å². The Morgan fingerprint density at radius 3 is 2.70 bits per heavy atom. The smallest absolute Gasteiger partial charge is 0.353 e. The molecule has 10 nitrogen and oxygen atoms in total. The van der Waals surface area contributed by atoms with Gasteiger partial charge in [0.15, 0.2) is 10.8 Å². The lowest BCUT2D eigenvalue weighted by Crippen LogP contribution is -2.72. The summed E-state index contributed by atoms with van der Waals surface area (Å²) in [5.74, 6) is -2.04. The number of aromatic nitrogens is 1. The number of carbonyl (C=O) groups is 3. The van der Waals surface area contributed by atoms with E-state index in [9.17, 15) is 24.7 Å². The summed E-state index contributed by atoms with van der Waals surface area (Å²) in [7, 11) is 0. The van der Waals surface area contributed by atoms with Crippen LogP contribution in [-0.4, -0.2) is 55.8 Å². The van der Waals surface area contributed by atoms with Gasteiger partial charge in [-0.15, -0.1) is 11.8 Å². The number of allylic oxidation sites excluding steroid dienone is 1. The molecule has 33 heavy (non-hydrogen) atoms. The Hall–Kier alpha value is -3.09. The molecular weight excluding hydrogens is 490 g/mol. The molecular formula is C20H18ClN5O5S2. The second-order valence-corrected chi connectivity index (χ2v) is 9.94.